The average molecular weight is 684 g/mol. The topological polar surface area (TPSA) is 37.4 Å². The van der Waals surface area contributed by atoms with E-state index in [0.717, 1.165) is 55.5 Å². The van der Waals surface area contributed by atoms with Crippen LogP contribution in [-0.2, 0) is 22.7 Å². The van der Waals surface area contributed by atoms with Crippen molar-refractivity contribution in [1.82, 2.24) is 0 Å². The van der Waals surface area contributed by atoms with Crippen LogP contribution in [0, 0.1) is 12.3 Å². The van der Waals surface area contributed by atoms with E-state index in [0.29, 0.717) is 15.7 Å². The molecule has 0 bridgehead atoms. The van der Waals surface area contributed by atoms with Crippen molar-refractivity contribution >= 4 is 37.6 Å². The molecule has 0 saturated heterocycles. The molecular formula is C44H45NO2S2. The molecule has 3 unspecified atom stereocenters. The van der Waals surface area contributed by atoms with Gasteiger partial charge in [0, 0.05) is 26.6 Å². The van der Waals surface area contributed by atoms with Crippen molar-refractivity contribution in [2.45, 2.75) is 79.9 Å². The third-order valence-corrected chi connectivity index (χ3v) is 14.1. The molecular weight excluding hydrogens is 639 g/mol. The van der Waals surface area contributed by atoms with Gasteiger partial charge >= 0.3 is 0 Å². The highest BCUT2D eigenvalue weighted by atomic mass is 32.2. The molecule has 5 heteroatoms. The van der Waals surface area contributed by atoms with Gasteiger partial charge in [-0.15, -0.1) is 17.1 Å². The quantitative estimate of drug-likeness (QED) is 0.137. The number of rotatable bonds is 8. The first-order valence-corrected chi connectivity index (χ1v) is 20.1. The third kappa shape index (κ3) is 6.24. The van der Waals surface area contributed by atoms with Crippen molar-refractivity contribution < 1.29 is 8.42 Å². The molecule has 0 fully saturated rings. The fourth-order valence-corrected chi connectivity index (χ4v) is 10.9. The number of nitrogens with zero attached hydrogens (tertiary/aromatic N) is 1. The molecule has 0 N–H and O–H groups in total. The Morgan fingerprint density at radius 2 is 1.71 bits per heavy atom. The summed E-state index contributed by atoms with van der Waals surface area (Å²) < 4.78 is 28.0. The van der Waals surface area contributed by atoms with Crippen LogP contribution in [0.25, 0.3) is 0 Å². The van der Waals surface area contributed by atoms with Gasteiger partial charge in [0.05, 0.1) is 15.5 Å². The normalized spacial score (nSPS) is 21.9. The molecule has 4 aromatic rings. The molecule has 0 saturated carbocycles. The molecule has 49 heavy (non-hydrogen) atoms. The number of benzene rings is 4. The summed E-state index contributed by atoms with van der Waals surface area (Å²) in [6.07, 6.45) is 14.7. The summed E-state index contributed by atoms with van der Waals surface area (Å²) in [6, 6.07) is 30.2. The molecule has 3 nitrogen and oxygen atoms in total. The van der Waals surface area contributed by atoms with Crippen LogP contribution >= 0.6 is 10.5 Å². The molecule has 1 heterocycles. The van der Waals surface area contributed by atoms with Crippen LogP contribution in [0.2, 0.25) is 0 Å². The molecule has 4 aromatic carbocycles. The maximum atomic E-state index is 14.0. The molecule has 250 valence electrons. The minimum atomic E-state index is -3.71. The molecule has 3 aliphatic rings. The van der Waals surface area contributed by atoms with Gasteiger partial charge in [0.2, 0.25) is 9.84 Å². The summed E-state index contributed by atoms with van der Waals surface area (Å²) in [6.45, 7) is 10.9. The molecule has 3 atom stereocenters. The second kappa shape index (κ2) is 13.3. The summed E-state index contributed by atoms with van der Waals surface area (Å²) in [5.74, 6) is 4.89. The van der Waals surface area contributed by atoms with Gasteiger partial charge in [-0.1, -0.05) is 90.7 Å². The average Bonchev–Trinajstić information content (AvgIpc) is 3.12. The number of aryl methyl sites for hydroxylation is 3. The number of sulfone groups is 1. The van der Waals surface area contributed by atoms with Gasteiger partial charge in [0.15, 0.2) is 0 Å². The van der Waals surface area contributed by atoms with Crippen LogP contribution in [0.4, 0.5) is 11.4 Å². The molecule has 0 spiro atoms. The largest absolute Gasteiger partial charge is 0.312 e. The van der Waals surface area contributed by atoms with E-state index in [1.807, 2.05) is 30.3 Å². The van der Waals surface area contributed by atoms with Crippen LogP contribution in [0.3, 0.4) is 0 Å². The smallest absolute Gasteiger partial charge is 0.206 e. The van der Waals surface area contributed by atoms with Crippen molar-refractivity contribution in [2.24, 2.45) is 5.41 Å². The van der Waals surface area contributed by atoms with Gasteiger partial charge in [0.25, 0.3) is 0 Å². The first kappa shape index (κ1) is 33.3. The van der Waals surface area contributed by atoms with E-state index in [9.17, 15) is 8.42 Å². The van der Waals surface area contributed by atoms with E-state index >= 15 is 0 Å². The lowest BCUT2D eigenvalue weighted by Crippen LogP contribution is -2.26. The second-order valence-corrected chi connectivity index (χ2v) is 17.6. The molecule has 1 aliphatic heterocycles. The van der Waals surface area contributed by atoms with E-state index in [-0.39, 0.29) is 15.9 Å². The van der Waals surface area contributed by atoms with Gasteiger partial charge in [0.1, 0.15) is 0 Å². The van der Waals surface area contributed by atoms with Crippen molar-refractivity contribution in [3.8, 4) is 0 Å². The number of para-hydroxylation sites is 1. The lowest BCUT2D eigenvalue weighted by atomic mass is 9.66. The Bertz CT molecular complexity index is 2170. The number of hydrogen-bond acceptors (Lipinski definition) is 3. The van der Waals surface area contributed by atoms with Crippen molar-refractivity contribution in [3.63, 3.8) is 0 Å². The number of hydrogen-bond donors (Lipinski definition) is 0. The Hall–Kier alpha value is -4.19. The fourth-order valence-electron chi connectivity index (χ4n) is 7.91. The highest BCUT2D eigenvalue weighted by Crippen LogP contribution is 2.52. The van der Waals surface area contributed by atoms with Gasteiger partial charge in [-0.3, -0.25) is 0 Å². The minimum absolute atomic E-state index is 0.0874. The Kier molecular flexibility index (Phi) is 9.02. The minimum Gasteiger partial charge on any atom is -0.312 e. The summed E-state index contributed by atoms with van der Waals surface area (Å²) >= 11 is 0. The molecule has 2 aliphatic carbocycles. The zero-order valence-corrected chi connectivity index (χ0v) is 30.4. The van der Waals surface area contributed by atoms with E-state index in [1.54, 1.807) is 18.2 Å². The predicted molar refractivity (Wildman–Crippen MR) is 208 cm³/mol. The maximum absolute atomic E-state index is 14.0. The molecule has 0 radical (unpaired) electrons. The summed E-state index contributed by atoms with van der Waals surface area (Å²) in [5, 5.41) is 0. The van der Waals surface area contributed by atoms with Crippen molar-refractivity contribution in [3.05, 3.63) is 160 Å². The third-order valence-electron chi connectivity index (χ3n) is 10.6. The monoisotopic (exact) mass is 683 g/mol. The second-order valence-electron chi connectivity index (χ2n) is 13.9. The number of allylic oxidation sites excluding steroid dienone is 6. The predicted octanol–water partition coefficient (Wildman–Crippen LogP) is 11.4. The first-order chi connectivity index (χ1) is 23.6. The van der Waals surface area contributed by atoms with E-state index in [2.05, 4.69) is 105 Å². The van der Waals surface area contributed by atoms with Crippen LogP contribution < -0.4 is 4.90 Å². The summed E-state index contributed by atoms with van der Waals surface area (Å²) in [7, 11) is -3.96. The van der Waals surface area contributed by atoms with Gasteiger partial charge in [-0.25, -0.2) is 8.42 Å². The Morgan fingerprint density at radius 3 is 2.51 bits per heavy atom. The zero-order chi connectivity index (χ0) is 34.3. The van der Waals surface area contributed by atoms with Crippen LogP contribution in [0.5, 0.6) is 0 Å². The molecule has 7 rings (SSSR count). The van der Waals surface area contributed by atoms with E-state index in [1.165, 1.54) is 37.8 Å². The van der Waals surface area contributed by atoms with Crippen LogP contribution in [-0.4, -0.2) is 14.3 Å². The lowest BCUT2D eigenvalue weighted by molar-refractivity contribution is 0.376. The highest BCUT2D eigenvalue weighted by molar-refractivity contribution is 8.17. The van der Waals surface area contributed by atoms with Gasteiger partial charge in [-0.05, 0) is 124 Å². The van der Waals surface area contributed by atoms with E-state index in [4.69, 9.17) is 0 Å². The number of fused-ring (bicyclic) bond motifs is 1. The van der Waals surface area contributed by atoms with Gasteiger partial charge < -0.3 is 4.90 Å². The standard InChI is InChI=1S/C44H45NO2S2/c1-6-44(4)30-32(3)19-27-39(44)38-26-18-31(2)28-34(38)21-20-33-12-11-13-37(29-33)49(46,47)36-24-22-35(23-25-36)45-40-14-7-9-16-42(40)48(5)43-17-10-8-15-41(43)45/h6-7,9-14,16-18,22-26,28-30,39H,1,5,8,15,19-21,27H2,2-4H3. The Morgan fingerprint density at radius 1 is 0.918 bits per heavy atom. The summed E-state index contributed by atoms with van der Waals surface area (Å²) in [5.41, 5.74) is 9.67. The highest BCUT2D eigenvalue weighted by Gasteiger charge is 2.35. The first-order valence-electron chi connectivity index (χ1n) is 17.3. The SMILES string of the molecule is C=CC1(C)C=C(C)CCC1c1ccc(C)cc1CCc1cccc(S(=O)(=O)c2ccc(N3C4=C(C=CCC4)S(=C)c4ccccc43)cc2)c1. The Labute approximate surface area is 295 Å². The molecule has 0 aromatic heterocycles. The van der Waals surface area contributed by atoms with Gasteiger partial charge in [-0.2, -0.15) is 0 Å². The summed E-state index contributed by atoms with van der Waals surface area (Å²) in [4.78, 5) is 5.40. The maximum Gasteiger partial charge on any atom is 0.206 e. The van der Waals surface area contributed by atoms with Crippen LogP contribution in [0.1, 0.15) is 67.7 Å². The number of anilines is 2. The van der Waals surface area contributed by atoms with Crippen molar-refractivity contribution in [1.29, 1.82) is 0 Å². The fraction of sp³-hybridized carbons (Fsp3) is 0.250. The lowest BCUT2D eigenvalue weighted by Gasteiger charge is -2.38. The molecule has 0 amide bonds. The van der Waals surface area contributed by atoms with Crippen molar-refractivity contribution in [2.75, 3.05) is 4.90 Å². The Balaban J connectivity index is 1.14. The van der Waals surface area contributed by atoms with Crippen LogP contribution in [0.15, 0.2) is 153 Å². The zero-order valence-electron chi connectivity index (χ0n) is 28.8. The van der Waals surface area contributed by atoms with E-state index < -0.39 is 9.84 Å².